The first-order valence-corrected chi connectivity index (χ1v) is 9.30. The molecule has 3 heterocycles. The van der Waals surface area contributed by atoms with Crippen LogP contribution in [0.1, 0.15) is 31.0 Å². The van der Waals surface area contributed by atoms with E-state index in [2.05, 4.69) is 34.3 Å². The summed E-state index contributed by atoms with van der Waals surface area (Å²) in [5, 5.41) is 4.33. The summed E-state index contributed by atoms with van der Waals surface area (Å²) in [6.07, 6.45) is 7.20. The number of amides is 1. The highest BCUT2D eigenvalue weighted by Gasteiger charge is 2.24. The lowest BCUT2D eigenvalue weighted by molar-refractivity contribution is -0.132. The zero-order valence-corrected chi connectivity index (χ0v) is 14.8. The number of carbonyl (C=O) groups is 1. The van der Waals surface area contributed by atoms with Crippen molar-refractivity contribution in [3.05, 3.63) is 66.6 Å². The van der Waals surface area contributed by atoms with E-state index in [1.165, 1.54) is 5.56 Å². The summed E-state index contributed by atoms with van der Waals surface area (Å²) >= 11 is 0. The second-order valence-electron chi connectivity index (χ2n) is 6.89. The monoisotopic (exact) mass is 348 g/mol. The summed E-state index contributed by atoms with van der Waals surface area (Å²) in [6.45, 7) is 1.62. The van der Waals surface area contributed by atoms with Gasteiger partial charge in [-0.25, -0.2) is 0 Å². The smallest absolute Gasteiger partial charge is 0.223 e. The van der Waals surface area contributed by atoms with Crippen LogP contribution in [0, 0.1) is 0 Å². The highest BCUT2D eigenvalue weighted by molar-refractivity contribution is 5.76. The van der Waals surface area contributed by atoms with Crippen LogP contribution in [-0.2, 0) is 11.2 Å². The Bertz CT molecular complexity index is 838. The molecule has 26 heavy (non-hydrogen) atoms. The van der Waals surface area contributed by atoms with Crippen molar-refractivity contribution in [3.63, 3.8) is 0 Å². The van der Waals surface area contributed by atoms with Crippen LogP contribution in [0.25, 0.3) is 11.3 Å². The Hall–Kier alpha value is -2.82. The Morgan fingerprint density at radius 1 is 1.15 bits per heavy atom. The fraction of sp³-hybridized carbons (Fsp3) is 0.333. The number of aromatic amines is 1. The quantitative estimate of drug-likeness (QED) is 0.765. The maximum Gasteiger partial charge on any atom is 0.223 e. The van der Waals surface area contributed by atoms with Gasteiger partial charge >= 0.3 is 0 Å². The number of piperidine rings is 1. The molecule has 1 fully saturated rings. The molecule has 5 nitrogen and oxygen atoms in total. The molecule has 1 amide bonds. The Morgan fingerprint density at radius 3 is 2.85 bits per heavy atom. The lowest BCUT2D eigenvalue weighted by Crippen LogP contribution is -2.40. The fourth-order valence-corrected chi connectivity index (χ4v) is 3.67. The normalized spacial score (nSPS) is 17.4. The lowest BCUT2D eigenvalue weighted by atomic mass is 10.1. The minimum absolute atomic E-state index is 0.234. The number of aromatic nitrogens is 3. The first-order chi connectivity index (χ1) is 12.8. The van der Waals surface area contributed by atoms with Crippen LogP contribution >= 0.6 is 0 Å². The Balaban J connectivity index is 1.33. The third-order valence-electron chi connectivity index (χ3n) is 5.09. The van der Waals surface area contributed by atoms with Crippen molar-refractivity contribution in [1.29, 1.82) is 0 Å². The molecule has 1 saturated heterocycles. The van der Waals surface area contributed by atoms with Crippen molar-refractivity contribution in [2.45, 2.75) is 31.7 Å². The van der Waals surface area contributed by atoms with Gasteiger partial charge in [-0.1, -0.05) is 30.3 Å². The van der Waals surface area contributed by atoms with Crippen molar-refractivity contribution >= 4 is 5.91 Å². The summed E-state index contributed by atoms with van der Waals surface area (Å²) < 4.78 is 1.98. The molecule has 1 aliphatic heterocycles. The van der Waals surface area contributed by atoms with Gasteiger partial charge in [0, 0.05) is 43.3 Å². The zero-order valence-electron chi connectivity index (χ0n) is 14.8. The predicted octanol–water partition coefficient (Wildman–Crippen LogP) is 3.67. The number of nitrogens with one attached hydrogen (secondary N) is 1. The number of hydrogen-bond donors (Lipinski definition) is 1. The Labute approximate surface area is 153 Å². The topological polar surface area (TPSA) is 53.9 Å². The first kappa shape index (κ1) is 16.6. The number of H-pyrrole nitrogens is 1. The molecule has 1 unspecified atom stereocenters. The maximum absolute atomic E-state index is 12.6. The first-order valence-electron chi connectivity index (χ1n) is 9.30. The van der Waals surface area contributed by atoms with E-state index in [-0.39, 0.29) is 5.91 Å². The second kappa shape index (κ2) is 7.60. The van der Waals surface area contributed by atoms with Crippen LogP contribution in [-0.4, -0.2) is 38.7 Å². The molecule has 3 aromatic rings. The van der Waals surface area contributed by atoms with Crippen LogP contribution in [0.15, 0.2) is 60.9 Å². The van der Waals surface area contributed by atoms with Crippen molar-refractivity contribution in [1.82, 2.24) is 19.7 Å². The number of nitrogens with zero attached hydrogens (tertiary/aromatic N) is 3. The minimum atomic E-state index is 0.234. The molecule has 2 aromatic heterocycles. The van der Waals surface area contributed by atoms with Crippen molar-refractivity contribution < 1.29 is 4.79 Å². The van der Waals surface area contributed by atoms with E-state index in [0.29, 0.717) is 12.5 Å². The van der Waals surface area contributed by atoms with Gasteiger partial charge in [0.2, 0.25) is 5.91 Å². The summed E-state index contributed by atoms with van der Waals surface area (Å²) in [6, 6.07) is 16.7. The number of hydrogen-bond acceptors (Lipinski definition) is 2. The Morgan fingerprint density at radius 2 is 2.04 bits per heavy atom. The molecular formula is C21H24N4O. The van der Waals surface area contributed by atoms with Gasteiger partial charge in [0.1, 0.15) is 0 Å². The van der Waals surface area contributed by atoms with Gasteiger partial charge in [-0.3, -0.25) is 9.48 Å². The number of carbonyl (C=O) groups excluding carboxylic acids is 1. The van der Waals surface area contributed by atoms with Crippen LogP contribution in [0.5, 0.6) is 0 Å². The van der Waals surface area contributed by atoms with Gasteiger partial charge in [0.25, 0.3) is 0 Å². The van der Waals surface area contributed by atoms with E-state index in [4.69, 9.17) is 0 Å². The van der Waals surface area contributed by atoms with E-state index >= 15 is 0 Å². The SMILES string of the molecule is O=C(CCc1ccc(-c2ccccc2)[nH]1)N1CCCC(n2cccn2)C1. The van der Waals surface area contributed by atoms with Gasteiger partial charge < -0.3 is 9.88 Å². The van der Waals surface area contributed by atoms with Gasteiger partial charge in [0.15, 0.2) is 0 Å². The molecule has 0 spiro atoms. The molecular weight excluding hydrogens is 324 g/mol. The minimum Gasteiger partial charge on any atom is -0.358 e. The third kappa shape index (κ3) is 3.72. The van der Waals surface area contributed by atoms with Crippen LogP contribution in [0.3, 0.4) is 0 Å². The fourth-order valence-electron chi connectivity index (χ4n) is 3.67. The highest BCUT2D eigenvalue weighted by atomic mass is 16.2. The summed E-state index contributed by atoms with van der Waals surface area (Å²) in [5.41, 5.74) is 3.38. The molecule has 0 saturated carbocycles. The molecule has 0 aliphatic carbocycles. The van der Waals surface area contributed by atoms with Crippen LogP contribution in [0.2, 0.25) is 0 Å². The van der Waals surface area contributed by atoms with E-state index in [1.807, 2.05) is 40.0 Å². The molecule has 0 radical (unpaired) electrons. The molecule has 4 rings (SSSR count). The molecule has 1 N–H and O–H groups in total. The molecule has 1 atom stereocenters. The van der Waals surface area contributed by atoms with E-state index in [0.717, 1.165) is 43.7 Å². The van der Waals surface area contributed by atoms with Gasteiger partial charge in [-0.2, -0.15) is 5.10 Å². The molecule has 134 valence electrons. The lowest BCUT2D eigenvalue weighted by Gasteiger charge is -2.33. The second-order valence-corrected chi connectivity index (χ2v) is 6.89. The Kier molecular flexibility index (Phi) is 4.86. The zero-order chi connectivity index (χ0) is 17.8. The van der Waals surface area contributed by atoms with Crippen LogP contribution in [0.4, 0.5) is 0 Å². The predicted molar refractivity (Wildman–Crippen MR) is 102 cm³/mol. The van der Waals surface area contributed by atoms with Crippen molar-refractivity contribution in [2.24, 2.45) is 0 Å². The number of benzene rings is 1. The summed E-state index contributed by atoms with van der Waals surface area (Å²) in [5.74, 6) is 0.234. The average Bonchev–Trinajstić information content (AvgIpc) is 3.39. The molecule has 0 bridgehead atoms. The van der Waals surface area contributed by atoms with E-state index in [9.17, 15) is 4.79 Å². The average molecular weight is 348 g/mol. The number of likely N-dealkylation sites (tertiary alicyclic amines) is 1. The number of aryl methyl sites for hydroxylation is 1. The van der Waals surface area contributed by atoms with Gasteiger partial charge in [0.05, 0.1) is 6.04 Å². The number of rotatable bonds is 5. The van der Waals surface area contributed by atoms with Gasteiger partial charge in [-0.05, 0) is 43.0 Å². The molecule has 1 aromatic carbocycles. The summed E-state index contributed by atoms with van der Waals surface area (Å²) in [4.78, 5) is 18.1. The van der Waals surface area contributed by atoms with Crippen molar-refractivity contribution in [2.75, 3.05) is 13.1 Å². The van der Waals surface area contributed by atoms with E-state index < -0.39 is 0 Å². The van der Waals surface area contributed by atoms with Crippen molar-refractivity contribution in [3.8, 4) is 11.3 Å². The van der Waals surface area contributed by atoms with E-state index in [1.54, 1.807) is 6.20 Å². The largest absolute Gasteiger partial charge is 0.358 e. The van der Waals surface area contributed by atoms with Crippen LogP contribution < -0.4 is 0 Å². The third-order valence-corrected chi connectivity index (χ3v) is 5.09. The molecule has 1 aliphatic rings. The summed E-state index contributed by atoms with van der Waals surface area (Å²) in [7, 11) is 0. The van der Waals surface area contributed by atoms with Gasteiger partial charge in [-0.15, -0.1) is 0 Å². The maximum atomic E-state index is 12.6. The molecule has 5 heteroatoms. The standard InChI is InChI=1S/C21H24N4O/c26-21(24-14-4-8-19(16-24)25-15-5-13-22-25)12-10-18-9-11-20(23-18)17-6-2-1-3-7-17/h1-3,5-7,9,11,13,15,19,23H,4,8,10,12,14,16H2. The highest BCUT2D eigenvalue weighted by Crippen LogP contribution is 2.22.